The van der Waals surface area contributed by atoms with Gasteiger partial charge in [-0.3, -0.25) is 4.79 Å². The molecule has 8 nitrogen and oxygen atoms in total. The lowest BCUT2D eigenvalue weighted by Gasteiger charge is -2.26. The molecule has 0 N–H and O–H groups in total. The Kier molecular flexibility index (Phi) is 5.72. The van der Waals surface area contributed by atoms with Crippen molar-refractivity contribution in [2.24, 2.45) is 0 Å². The Bertz CT molecular complexity index is 746. The van der Waals surface area contributed by atoms with Gasteiger partial charge in [0.1, 0.15) is 6.61 Å². The second kappa shape index (κ2) is 8.18. The summed E-state index contributed by atoms with van der Waals surface area (Å²) in [6.07, 6.45) is 1.50. The maximum atomic E-state index is 12.6. The van der Waals surface area contributed by atoms with Crippen LogP contribution in [0.25, 0.3) is 0 Å². The highest BCUT2D eigenvalue weighted by molar-refractivity contribution is 5.91. The number of amides is 1. The predicted molar refractivity (Wildman–Crippen MR) is 96.5 cm³/mol. The van der Waals surface area contributed by atoms with E-state index in [2.05, 4.69) is 10.3 Å². The van der Waals surface area contributed by atoms with E-state index in [-0.39, 0.29) is 12.0 Å². The number of carbonyl (C=O) groups is 1. The van der Waals surface area contributed by atoms with Crippen molar-refractivity contribution in [2.45, 2.75) is 19.6 Å². The average molecular weight is 359 g/mol. The zero-order valence-electron chi connectivity index (χ0n) is 15.5. The fourth-order valence-electron chi connectivity index (χ4n) is 2.73. The molecule has 1 unspecified atom stereocenters. The minimum Gasteiger partial charge on any atom is -0.486 e. The molecule has 26 heavy (non-hydrogen) atoms. The van der Waals surface area contributed by atoms with Crippen molar-refractivity contribution in [1.29, 1.82) is 0 Å². The predicted octanol–water partition coefficient (Wildman–Crippen LogP) is 1.14. The first-order chi connectivity index (χ1) is 12.6. The number of hydrogen-bond donors (Lipinski definition) is 0. The second-order valence-electron chi connectivity index (χ2n) is 6.51. The number of carbonyl (C=O) groups excluding carboxylic acids is 1. The van der Waals surface area contributed by atoms with E-state index in [1.165, 1.54) is 0 Å². The first-order valence-electron chi connectivity index (χ1n) is 8.79. The van der Waals surface area contributed by atoms with Crippen LogP contribution in [0.2, 0.25) is 0 Å². The van der Waals surface area contributed by atoms with Gasteiger partial charge < -0.3 is 19.3 Å². The van der Waals surface area contributed by atoms with Gasteiger partial charge in [0.15, 0.2) is 23.3 Å². The van der Waals surface area contributed by atoms with Gasteiger partial charge in [-0.15, -0.1) is 5.10 Å². The van der Waals surface area contributed by atoms with E-state index in [1.54, 1.807) is 15.8 Å². The minimum atomic E-state index is -0.175. The number of aromatic nitrogens is 3. The van der Waals surface area contributed by atoms with E-state index in [9.17, 15) is 4.79 Å². The van der Waals surface area contributed by atoms with E-state index in [0.717, 1.165) is 18.0 Å². The summed E-state index contributed by atoms with van der Waals surface area (Å²) in [5.41, 5.74) is 0.350. The third kappa shape index (κ3) is 4.32. The Morgan fingerprint density at radius 2 is 2.04 bits per heavy atom. The number of likely N-dealkylation sites (N-methyl/N-ethyl adjacent to an activating group) is 2. The van der Waals surface area contributed by atoms with Crippen LogP contribution < -0.4 is 9.47 Å². The Hall–Kier alpha value is -2.61. The van der Waals surface area contributed by atoms with Gasteiger partial charge >= 0.3 is 0 Å². The van der Waals surface area contributed by atoms with Crippen molar-refractivity contribution in [3.8, 4) is 11.5 Å². The molecular formula is C18H25N5O3. The van der Waals surface area contributed by atoms with E-state index in [1.807, 2.05) is 50.2 Å². The molecule has 1 atom stereocenters. The first kappa shape index (κ1) is 18.2. The van der Waals surface area contributed by atoms with Crippen LogP contribution in [0.15, 0.2) is 30.5 Å². The number of hydrogen-bond acceptors (Lipinski definition) is 6. The zero-order chi connectivity index (χ0) is 18.5. The maximum Gasteiger partial charge on any atom is 0.276 e. The highest BCUT2D eigenvalue weighted by atomic mass is 16.6. The Balaban J connectivity index is 1.60. The van der Waals surface area contributed by atoms with Crippen LogP contribution in [0.5, 0.6) is 11.5 Å². The summed E-state index contributed by atoms with van der Waals surface area (Å²) < 4.78 is 13.3. The van der Waals surface area contributed by atoms with Crippen molar-refractivity contribution in [3.05, 3.63) is 36.2 Å². The number of rotatable bonds is 7. The molecule has 0 bridgehead atoms. The van der Waals surface area contributed by atoms with Crippen LogP contribution in [0, 0.1) is 0 Å². The monoisotopic (exact) mass is 359 g/mol. The molecule has 2 aromatic rings. The van der Waals surface area contributed by atoms with Gasteiger partial charge in [-0.1, -0.05) is 17.3 Å². The molecule has 0 saturated heterocycles. The molecule has 1 aromatic heterocycles. The van der Waals surface area contributed by atoms with Crippen molar-refractivity contribution in [1.82, 2.24) is 24.8 Å². The standard InChI is InChI=1S/C18H25N5O3/c1-4-22(10-9-21(2)3)18(24)15-12-23(20-19-15)11-14-13-25-16-7-5-6-8-17(16)26-14/h5-8,12,14H,4,9-11,13H2,1-3H3. The third-order valence-electron chi connectivity index (χ3n) is 4.20. The Labute approximate surface area is 153 Å². The number of para-hydroxylation sites is 2. The third-order valence-corrected chi connectivity index (χ3v) is 4.20. The van der Waals surface area contributed by atoms with Crippen LogP contribution in [0.1, 0.15) is 17.4 Å². The molecule has 0 aliphatic carbocycles. The summed E-state index contributed by atoms with van der Waals surface area (Å²) in [6.45, 7) is 4.97. The molecule has 1 amide bonds. The molecule has 1 aromatic carbocycles. The van der Waals surface area contributed by atoms with Crippen molar-refractivity contribution in [3.63, 3.8) is 0 Å². The van der Waals surface area contributed by atoms with Gasteiger partial charge in [-0.05, 0) is 33.2 Å². The van der Waals surface area contributed by atoms with Gasteiger partial charge in [-0.2, -0.15) is 0 Å². The van der Waals surface area contributed by atoms with Crippen molar-refractivity contribution >= 4 is 5.91 Å². The summed E-state index contributed by atoms with van der Waals surface area (Å²) in [5, 5.41) is 8.11. The number of nitrogens with zero attached hydrogens (tertiary/aromatic N) is 5. The fourth-order valence-corrected chi connectivity index (χ4v) is 2.73. The van der Waals surface area contributed by atoms with E-state index < -0.39 is 0 Å². The number of benzene rings is 1. The summed E-state index contributed by atoms with van der Waals surface area (Å²) in [6, 6.07) is 7.57. The second-order valence-corrected chi connectivity index (χ2v) is 6.51. The zero-order valence-corrected chi connectivity index (χ0v) is 15.5. The van der Waals surface area contributed by atoms with Crippen molar-refractivity contribution < 1.29 is 14.3 Å². The average Bonchev–Trinajstić information content (AvgIpc) is 3.10. The molecule has 3 rings (SSSR count). The molecule has 140 valence electrons. The number of fused-ring (bicyclic) bond motifs is 1. The highest BCUT2D eigenvalue weighted by Crippen LogP contribution is 2.31. The van der Waals surface area contributed by atoms with Crippen molar-refractivity contribution in [2.75, 3.05) is 40.3 Å². The van der Waals surface area contributed by atoms with Gasteiger partial charge in [-0.25, -0.2) is 4.68 Å². The van der Waals surface area contributed by atoms with Crippen LogP contribution in [0.3, 0.4) is 0 Å². The molecule has 8 heteroatoms. The maximum absolute atomic E-state index is 12.6. The first-order valence-corrected chi connectivity index (χ1v) is 8.79. The van der Waals surface area contributed by atoms with E-state index in [0.29, 0.717) is 31.9 Å². The molecular weight excluding hydrogens is 334 g/mol. The molecule has 0 radical (unpaired) electrons. The highest BCUT2D eigenvalue weighted by Gasteiger charge is 2.23. The SMILES string of the molecule is CCN(CCN(C)C)C(=O)c1cn(CC2COc3ccccc3O2)nn1. The topological polar surface area (TPSA) is 72.7 Å². The van der Waals surface area contributed by atoms with E-state index >= 15 is 0 Å². The normalized spacial score (nSPS) is 15.9. The smallest absolute Gasteiger partial charge is 0.276 e. The Morgan fingerprint density at radius 1 is 1.27 bits per heavy atom. The van der Waals surface area contributed by atoms with Crippen LogP contribution in [0.4, 0.5) is 0 Å². The molecule has 1 aliphatic heterocycles. The Morgan fingerprint density at radius 3 is 2.77 bits per heavy atom. The summed E-state index contributed by atoms with van der Waals surface area (Å²) in [7, 11) is 3.97. The molecule has 0 fully saturated rings. The van der Waals surface area contributed by atoms with Crippen LogP contribution in [-0.4, -0.2) is 77.1 Å². The van der Waals surface area contributed by atoms with Gasteiger partial charge in [0, 0.05) is 19.6 Å². The molecule has 1 aliphatic rings. The van der Waals surface area contributed by atoms with Gasteiger partial charge in [0.05, 0.1) is 12.7 Å². The minimum absolute atomic E-state index is 0.105. The molecule has 0 spiro atoms. The quantitative estimate of drug-likeness (QED) is 0.738. The lowest BCUT2D eigenvalue weighted by molar-refractivity contribution is 0.0743. The molecule has 2 heterocycles. The lowest BCUT2D eigenvalue weighted by atomic mass is 10.2. The largest absolute Gasteiger partial charge is 0.486 e. The van der Waals surface area contributed by atoms with Gasteiger partial charge in [0.2, 0.25) is 0 Å². The lowest BCUT2D eigenvalue weighted by Crippen LogP contribution is -2.36. The fraction of sp³-hybridized carbons (Fsp3) is 0.500. The van der Waals surface area contributed by atoms with Gasteiger partial charge in [0.25, 0.3) is 5.91 Å². The van der Waals surface area contributed by atoms with Crippen LogP contribution in [-0.2, 0) is 6.54 Å². The summed E-state index contributed by atoms with van der Waals surface area (Å²) >= 11 is 0. The molecule has 0 saturated carbocycles. The number of ether oxygens (including phenoxy) is 2. The van der Waals surface area contributed by atoms with E-state index in [4.69, 9.17) is 9.47 Å². The summed E-state index contributed by atoms with van der Waals surface area (Å²) in [4.78, 5) is 16.4. The summed E-state index contributed by atoms with van der Waals surface area (Å²) in [5.74, 6) is 1.37. The van der Waals surface area contributed by atoms with Crippen LogP contribution >= 0.6 is 0 Å².